The van der Waals surface area contributed by atoms with Gasteiger partial charge in [-0.2, -0.15) is 0 Å². The Morgan fingerprint density at radius 1 is 1.21 bits per heavy atom. The second kappa shape index (κ2) is 5.58. The lowest BCUT2D eigenvalue weighted by atomic mass is 9.99. The number of halogens is 1. The molecule has 0 aromatic heterocycles. The van der Waals surface area contributed by atoms with Crippen LogP contribution >= 0.6 is 23.4 Å². The zero-order chi connectivity index (χ0) is 13.2. The van der Waals surface area contributed by atoms with Gasteiger partial charge in [0.05, 0.1) is 0 Å². The highest BCUT2D eigenvalue weighted by molar-refractivity contribution is 8.00. The molecule has 0 spiro atoms. The summed E-state index contributed by atoms with van der Waals surface area (Å²) in [5.41, 5.74) is 2.72. The average molecular weight is 290 g/mol. The van der Waals surface area contributed by atoms with Gasteiger partial charge >= 0.3 is 0 Å². The van der Waals surface area contributed by atoms with E-state index in [9.17, 15) is 0 Å². The van der Waals surface area contributed by atoms with Crippen LogP contribution in [0.15, 0.2) is 53.4 Å². The Labute approximate surface area is 123 Å². The largest absolute Gasteiger partial charge is 0.312 e. The number of benzene rings is 2. The first-order valence-electron chi connectivity index (χ1n) is 6.45. The standard InChI is InChI=1S/C16H16ClNS/c1-18-16(12-6-4-7-13(17)9-12)15-10-11-5-2-3-8-14(11)19-15/h2-9,15-16,18H,10H2,1H3. The zero-order valence-corrected chi connectivity index (χ0v) is 12.3. The highest BCUT2D eigenvalue weighted by Crippen LogP contribution is 2.42. The lowest BCUT2D eigenvalue weighted by Crippen LogP contribution is -2.27. The maximum atomic E-state index is 6.11. The van der Waals surface area contributed by atoms with E-state index in [4.69, 9.17) is 11.6 Å². The van der Waals surface area contributed by atoms with Crippen LogP contribution in [-0.4, -0.2) is 12.3 Å². The SMILES string of the molecule is CNC(c1cccc(Cl)c1)C1Cc2ccccc2S1. The molecule has 2 aromatic carbocycles. The zero-order valence-electron chi connectivity index (χ0n) is 10.8. The van der Waals surface area contributed by atoms with Crippen molar-refractivity contribution >= 4 is 23.4 Å². The molecule has 1 heterocycles. The van der Waals surface area contributed by atoms with Gasteiger partial charge in [0, 0.05) is 21.2 Å². The summed E-state index contributed by atoms with van der Waals surface area (Å²) in [7, 11) is 2.02. The summed E-state index contributed by atoms with van der Waals surface area (Å²) < 4.78 is 0. The molecule has 98 valence electrons. The van der Waals surface area contributed by atoms with Crippen molar-refractivity contribution < 1.29 is 0 Å². The molecule has 1 aliphatic rings. The number of nitrogens with one attached hydrogen (secondary N) is 1. The number of fused-ring (bicyclic) bond motifs is 1. The normalized spacial score (nSPS) is 19.2. The summed E-state index contributed by atoms with van der Waals surface area (Å²) in [6, 6.07) is 17.2. The van der Waals surface area contributed by atoms with Crippen molar-refractivity contribution in [1.82, 2.24) is 5.32 Å². The van der Waals surface area contributed by atoms with Crippen molar-refractivity contribution in [1.29, 1.82) is 0 Å². The summed E-state index contributed by atoms with van der Waals surface area (Å²) in [5.74, 6) is 0. The van der Waals surface area contributed by atoms with Gasteiger partial charge in [-0.15, -0.1) is 11.8 Å². The van der Waals surface area contributed by atoms with E-state index < -0.39 is 0 Å². The molecule has 2 atom stereocenters. The Kier molecular flexibility index (Phi) is 3.83. The molecule has 1 nitrogen and oxygen atoms in total. The lowest BCUT2D eigenvalue weighted by Gasteiger charge is -2.23. The molecule has 0 radical (unpaired) electrons. The van der Waals surface area contributed by atoms with Gasteiger partial charge in [-0.25, -0.2) is 0 Å². The highest BCUT2D eigenvalue weighted by Gasteiger charge is 2.29. The van der Waals surface area contributed by atoms with Gasteiger partial charge in [0.25, 0.3) is 0 Å². The number of hydrogen-bond donors (Lipinski definition) is 1. The Balaban J connectivity index is 1.86. The van der Waals surface area contributed by atoms with Crippen LogP contribution < -0.4 is 5.32 Å². The van der Waals surface area contributed by atoms with Crippen LogP contribution in [0.4, 0.5) is 0 Å². The van der Waals surface area contributed by atoms with Gasteiger partial charge < -0.3 is 5.32 Å². The van der Waals surface area contributed by atoms with Gasteiger partial charge in [0.1, 0.15) is 0 Å². The maximum absolute atomic E-state index is 6.11. The Morgan fingerprint density at radius 2 is 2.05 bits per heavy atom. The average Bonchev–Trinajstić information content (AvgIpc) is 2.83. The monoisotopic (exact) mass is 289 g/mol. The van der Waals surface area contributed by atoms with Crippen LogP contribution in [-0.2, 0) is 6.42 Å². The highest BCUT2D eigenvalue weighted by atomic mass is 35.5. The first-order chi connectivity index (χ1) is 9.28. The summed E-state index contributed by atoms with van der Waals surface area (Å²) in [6.45, 7) is 0. The molecule has 19 heavy (non-hydrogen) atoms. The van der Waals surface area contributed by atoms with E-state index >= 15 is 0 Å². The van der Waals surface area contributed by atoms with Crippen molar-refractivity contribution in [3.05, 3.63) is 64.7 Å². The fourth-order valence-corrected chi connectivity index (χ4v) is 4.34. The molecule has 0 aliphatic carbocycles. The van der Waals surface area contributed by atoms with Gasteiger partial charge in [-0.1, -0.05) is 41.9 Å². The van der Waals surface area contributed by atoms with Crippen LogP contribution in [0.1, 0.15) is 17.2 Å². The van der Waals surface area contributed by atoms with Crippen molar-refractivity contribution in [2.24, 2.45) is 0 Å². The molecule has 0 fully saturated rings. The molecule has 3 heteroatoms. The van der Waals surface area contributed by atoms with E-state index in [0.717, 1.165) is 11.4 Å². The van der Waals surface area contributed by atoms with Crippen LogP contribution in [0.5, 0.6) is 0 Å². The van der Waals surface area contributed by atoms with Gasteiger partial charge in [0.15, 0.2) is 0 Å². The fraction of sp³-hybridized carbons (Fsp3) is 0.250. The molecule has 0 saturated heterocycles. The van der Waals surface area contributed by atoms with Crippen molar-refractivity contribution in [3.63, 3.8) is 0 Å². The predicted octanol–water partition coefficient (Wildman–Crippen LogP) is 4.32. The molecular formula is C16H16ClNS. The van der Waals surface area contributed by atoms with Crippen LogP contribution in [0.25, 0.3) is 0 Å². The molecule has 2 aromatic rings. The molecule has 0 saturated carbocycles. The van der Waals surface area contributed by atoms with E-state index in [1.165, 1.54) is 16.0 Å². The summed E-state index contributed by atoms with van der Waals surface area (Å²) in [6.07, 6.45) is 1.11. The minimum Gasteiger partial charge on any atom is -0.312 e. The minimum atomic E-state index is 0.330. The Morgan fingerprint density at radius 3 is 2.79 bits per heavy atom. The Hall–Kier alpha value is -0.960. The van der Waals surface area contributed by atoms with E-state index in [1.54, 1.807) is 0 Å². The maximum Gasteiger partial charge on any atom is 0.0445 e. The van der Waals surface area contributed by atoms with Crippen molar-refractivity contribution in [2.45, 2.75) is 22.6 Å². The molecule has 1 N–H and O–H groups in total. The topological polar surface area (TPSA) is 12.0 Å². The molecule has 1 aliphatic heterocycles. The van der Waals surface area contributed by atoms with E-state index in [1.807, 2.05) is 30.9 Å². The number of thioether (sulfide) groups is 1. The molecule has 0 amide bonds. The lowest BCUT2D eigenvalue weighted by molar-refractivity contribution is 0.568. The third-order valence-electron chi connectivity index (χ3n) is 3.56. The molecule has 3 rings (SSSR count). The summed E-state index contributed by atoms with van der Waals surface area (Å²) >= 11 is 8.07. The smallest absolute Gasteiger partial charge is 0.0445 e. The molecular weight excluding hydrogens is 274 g/mol. The van der Waals surface area contributed by atoms with Gasteiger partial charge in [-0.05, 0) is 42.8 Å². The van der Waals surface area contributed by atoms with E-state index in [-0.39, 0.29) is 0 Å². The first kappa shape index (κ1) is 13.0. The van der Waals surface area contributed by atoms with Gasteiger partial charge in [0.2, 0.25) is 0 Å². The first-order valence-corrected chi connectivity index (χ1v) is 7.71. The quantitative estimate of drug-likeness (QED) is 0.903. The van der Waals surface area contributed by atoms with Gasteiger partial charge in [-0.3, -0.25) is 0 Å². The van der Waals surface area contributed by atoms with E-state index in [2.05, 4.69) is 41.7 Å². The van der Waals surface area contributed by atoms with Crippen LogP contribution in [0.3, 0.4) is 0 Å². The molecule has 2 unspecified atom stereocenters. The third-order valence-corrected chi connectivity index (χ3v) is 5.19. The minimum absolute atomic E-state index is 0.330. The van der Waals surface area contributed by atoms with Crippen LogP contribution in [0.2, 0.25) is 5.02 Å². The third kappa shape index (κ3) is 2.66. The number of rotatable bonds is 3. The predicted molar refractivity (Wildman–Crippen MR) is 83.0 cm³/mol. The second-order valence-corrected chi connectivity index (χ2v) is 6.51. The van der Waals surface area contributed by atoms with Crippen molar-refractivity contribution in [2.75, 3.05) is 7.05 Å². The van der Waals surface area contributed by atoms with E-state index in [0.29, 0.717) is 11.3 Å². The summed E-state index contributed by atoms with van der Waals surface area (Å²) in [5, 5.41) is 4.78. The van der Waals surface area contributed by atoms with Crippen molar-refractivity contribution in [3.8, 4) is 0 Å². The Bertz CT molecular complexity index is 559. The van der Waals surface area contributed by atoms with Crippen LogP contribution in [0, 0.1) is 0 Å². The molecule has 0 bridgehead atoms. The number of hydrogen-bond acceptors (Lipinski definition) is 2. The second-order valence-electron chi connectivity index (χ2n) is 4.79. The summed E-state index contributed by atoms with van der Waals surface area (Å²) in [4.78, 5) is 1.41. The fourth-order valence-electron chi connectivity index (χ4n) is 2.66.